The van der Waals surface area contributed by atoms with E-state index in [0.717, 1.165) is 57.4 Å². The molecule has 1 amide bonds. The first-order valence-electron chi connectivity index (χ1n) is 12.4. The first-order valence-corrected chi connectivity index (χ1v) is 12.4. The van der Waals surface area contributed by atoms with E-state index < -0.39 is 0 Å². The lowest BCUT2D eigenvalue weighted by atomic mass is 9.96. The molecule has 3 N–H and O–H groups in total. The SMILES string of the molecule is C[n+]1c(-c2ccc(CN)cc2)c(-c2ccccc2)cc2c(CNC(=O)CC3=CC=CCC3)nccc21. The van der Waals surface area contributed by atoms with Gasteiger partial charge in [-0.1, -0.05) is 66.3 Å². The molecule has 1 aliphatic rings. The summed E-state index contributed by atoms with van der Waals surface area (Å²) in [6.07, 6.45) is 10.4. The van der Waals surface area contributed by atoms with Crippen LogP contribution < -0.4 is 15.6 Å². The number of hydrogen-bond donors (Lipinski definition) is 2. The van der Waals surface area contributed by atoms with Crippen LogP contribution in [0.3, 0.4) is 0 Å². The van der Waals surface area contributed by atoms with Gasteiger partial charge >= 0.3 is 0 Å². The number of pyridine rings is 2. The Bertz CT molecular complexity index is 1450. The third kappa shape index (κ3) is 4.97. The van der Waals surface area contributed by atoms with Crippen molar-refractivity contribution in [2.24, 2.45) is 12.8 Å². The van der Waals surface area contributed by atoms with Gasteiger partial charge in [0.2, 0.25) is 17.1 Å². The molecule has 2 aromatic carbocycles. The molecular formula is C31H31N4O+. The molecule has 2 heterocycles. The number of carbonyl (C=O) groups excluding carboxylic acids is 1. The Morgan fingerprint density at radius 2 is 1.86 bits per heavy atom. The number of allylic oxidation sites excluding steroid dienone is 3. The van der Waals surface area contributed by atoms with Gasteiger partial charge in [0.15, 0.2) is 0 Å². The van der Waals surface area contributed by atoms with E-state index in [2.05, 4.69) is 82.6 Å². The average Bonchev–Trinajstić information content (AvgIpc) is 2.93. The average molecular weight is 476 g/mol. The summed E-state index contributed by atoms with van der Waals surface area (Å²) in [7, 11) is 2.09. The number of hydrogen-bond acceptors (Lipinski definition) is 3. The fourth-order valence-corrected chi connectivity index (χ4v) is 4.85. The van der Waals surface area contributed by atoms with Crippen LogP contribution in [0.15, 0.2) is 96.7 Å². The molecule has 36 heavy (non-hydrogen) atoms. The molecule has 0 fully saturated rings. The van der Waals surface area contributed by atoms with Crippen LogP contribution in [0.5, 0.6) is 0 Å². The number of amides is 1. The van der Waals surface area contributed by atoms with Crippen molar-refractivity contribution in [1.82, 2.24) is 10.3 Å². The fraction of sp³-hybridized carbons (Fsp3) is 0.194. The zero-order valence-corrected chi connectivity index (χ0v) is 20.6. The minimum Gasteiger partial charge on any atom is -0.350 e. The first kappa shape index (κ1) is 23.6. The smallest absolute Gasteiger partial charge is 0.224 e. The Kier molecular flexibility index (Phi) is 7.01. The molecule has 0 aliphatic heterocycles. The van der Waals surface area contributed by atoms with Crippen molar-refractivity contribution < 1.29 is 9.36 Å². The van der Waals surface area contributed by atoms with Crippen LogP contribution in [0, 0.1) is 0 Å². The number of rotatable bonds is 7. The van der Waals surface area contributed by atoms with Crippen molar-refractivity contribution in [2.75, 3.05) is 0 Å². The molecule has 4 aromatic rings. The lowest BCUT2D eigenvalue weighted by Gasteiger charge is -2.14. The number of aromatic nitrogens is 2. The van der Waals surface area contributed by atoms with Crippen LogP contribution in [0.4, 0.5) is 0 Å². The van der Waals surface area contributed by atoms with E-state index >= 15 is 0 Å². The zero-order chi connectivity index (χ0) is 24.9. The molecule has 0 radical (unpaired) electrons. The van der Waals surface area contributed by atoms with E-state index in [-0.39, 0.29) is 5.91 Å². The topological polar surface area (TPSA) is 71.9 Å². The molecule has 0 unspecified atom stereocenters. The number of benzene rings is 2. The molecule has 1 aliphatic carbocycles. The van der Waals surface area contributed by atoms with Gasteiger partial charge in [-0.3, -0.25) is 9.78 Å². The van der Waals surface area contributed by atoms with Crippen LogP contribution in [-0.2, 0) is 24.9 Å². The van der Waals surface area contributed by atoms with Crippen molar-refractivity contribution in [3.8, 4) is 22.4 Å². The summed E-state index contributed by atoms with van der Waals surface area (Å²) in [6.45, 7) is 0.905. The number of nitrogens with zero attached hydrogens (tertiary/aromatic N) is 2. The van der Waals surface area contributed by atoms with Gasteiger partial charge in [0.05, 0.1) is 23.2 Å². The Balaban J connectivity index is 1.55. The summed E-state index contributed by atoms with van der Waals surface area (Å²) < 4.78 is 2.22. The molecule has 0 saturated carbocycles. The highest BCUT2D eigenvalue weighted by molar-refractivity contribution is 5.89. The van der Waals surface area contributed by atoms with Gasteiger partial charge in [-0.25, -0.2) is 0 Å². The van der Waals surface area contributed by atoms with E-state index in [4.69, 9.17) is 5.73 Å². The molecule has 0 saturated heterocycles. The molecule has 5 heteroatoms. The molecule has 5 rings (SSSR count). The highest BCUT2D eigenvalue weighted by Gasteiger charge is 2.23. The molecule has 0 bridgehead atoms. The second kappa shape index (κ2) is 10.7. The van der Waals surface area contributed by atoms with E-state index in [1.807, 2.05) is 30.5 Å². The molecule has 0 atom stereocenters. The van der Waals surface area contributed by atoms with Crippen molar-refractivity contribution in [3.63, 3.8) is 0 Å². The van der Waals surface area contributed by atoms with Crippen molar-refractivity contribution in [1.29, 1.82) is 0 Å². The number of fused-ring (bicyclic) bond motifs is 1. The predicted octanol–water partition coefficient (Wildman–Crippen LogP) is 5.13. The Labute approximate surface area is 212 Å². The standard InChI is InChI=1S/C31H30N4O/c1-35-29-16-17-33-28(21-34-30(36)18-22-8-4-2-5-9-22)27(29)19-26(24-10-6-3-7-11-24)31(35)25-14-12-23(20-32)13-15-25/h2-4,6-8,10-17,19H,5,9,18,20-21,32H2,1H3/p+1. The van der Waals surface area contributed by atoms with E-state index in [0.29, 0.717) is 19.5 Å². The quantitative estimate of drug-likeness (QED) is 0.364. The minimum atomic E-state index is 0.0274. The van der Waals surface area contributed by atoms with E-state index in [9.17, 15) is 4.79 Å². The van der Waals surface area contributed by atoms with Gasteiger partial charge in [-0.05, 0) is 42.2 Å². The maximum Gasteiger partial charge on any atom is 0.224 e. The number of nitrogens with two attached hydrogens (primary N) is 1. The molecule has 0 spiro atoms. The van der Waals surface area contributed by atoms with Gasteiger partial charge < -0.3 is 11.1 Å². The molecular weight excluding hydrogens is 444 g/mol. The summed E-state index contributed by atoms with van der Waals surface area (Å²) in [6, 6.07) is 23.1. The van der Waals surface area contributed by atoms with Crippen LogP contribution in [0.2, 0.25) is 0 Å². The summed E-state index contributed by atoms with van der Waals surface area (Å²) in [5, 5.41) is 4.12. The third-order valence-electron chi connectivity index (χ3n) is 6.78. The summed E-state index contributed by atoms with van der Waals surface area (Å²) in [5.74, 6) is 0.0274. The molecule has 180 valence electrons. The van der Waals surface area contributed by atoms with Gasteiger partial charge in [-0.15, -0.1) is 0 Å². The summed E-state index contributed by atoms with van der Waals surface area (Å²) in [4.78, 5) is 17.3. The molecule has 5 nitrogen and oxygen atoms in total. The number of nitrogens with one attached hydrogen (secondary N) is 1. The highest BCUT2D eigenvalue weighted by Crippen LogP contribution is 2.33. The third-order valence-corrected chi connectivity index (χ3v) is 6.78. The van der Waals surface area contributed by atoms with E-state index in [1.165, 1.54) is 5.57 Å². The second-order valence-corrected chi connectivity index (χ2v) is 9.17. The minimum absolute atomic E-state index is 0.0274. The van der Waals surface area contributed by atoms with Crippen molar-refractivity contribution in [3.05, 3.63) is 108 Å². The fourth-order valence-electron chi connectivity index (χ4n) is 4.85. The largest absolute Gasteiger partial charge is 0.350 e. The van der Waals surface area contributed by atoms with Gasteiger partial charge in [0.1, 0.15) is 7.05 Å². The predicted molar refractivity (Wildman–Crippen MR) is 145 cm³/mol. The first-order chi connectivity index (χ1) is 17.6. The van der Waals surface area contributed by atoms with Crippen LogP contribution in [-0.4, -0.2) is 10.9 Å². The van der Waals surface area contributed by atoms with Gasteiger partial charge in [0, 0.05) is 30.8 Å². The Morgan fingerprint density at radius 3 is 2.58 bits per heavy atom. The van der Waals surface area contributed by atoms with Crippen molar-refractivity contribution >= 4 is 16.8 Å². The van der Waals surface area contributed by atoms with Gasteiger partial charge in [0.25, 0.3) is 0 Å². The maximum absolute atomic E-state index is 12.6. The lowest BCUT2D eigenvalue weighted by Crippen LogP contribution is -2.33. The summed E-state index contributed by atoms with van der Waals surface area (Å²) >= 11 is 0. The molecule has 2 aromatic heterocycles. The normalized spacial score (nSPS) is 13.0. The van der Waals surface area contributed by atoms with Crippen molar-refractivity contribution in [2.45, 2.75) is 32.4 Å². The van der Waals surface area contributed by atoms with Gasteiger partial charge in [-0.2, -0.15) is 4.57 Å². The van der Waals surface area contributed by atoms with Crippen LogP contribution in [0.25, 0.3) is 33.3 Å². The highest BCUT2D eigenvalue weighted by atomic mass is 16.1. The van der Waals surface area contributed by atoms with Crippen LogP contribution in [0.1, 0.15) is 30.5 Å². The van der Waals surface area contributed by atoms with E-state index in [1.54, 1.807) is 0 Å². The Morgan fingerprint density at radius 1 is 1.06 bits per heavy atom. The number of carbonyl (C=O) groups is 1. The number of aryl methyl sites for hydroxylation is 1. The Hall–Kier alpha value is -4.09. The summed E-state index contributed by atoms with van der Waals surface area (Å²) in [5.41, 5.74) is 14.5. The second-order valence-electron chi connectivity index (χ2n) is 9.17. The monoisotopic (exact) mass is 475 g/mol. The zero-order valence-electron chi connectivity index (χ0n) is 20.6. The lowest BCUT2D eigenvalue weighted by molar-refractivity contribution is -0.633. The maximum atomic E-state index is 12.6. The van der Waals surface area contributed by atoms with Crippen LogP contribution >= 0.6 is 0 Å².